The van der Waals surface area contributed by atoms with Crippen LogP contribution >= 0.6 is 0 Å². The molecule has 1 aromatic heterocycles. The number of hydrogen-bond donors (Lipinski definition) is 1. The van der Waals surface area contributed by atoms with E-state index in [1.54, 1.807) is 6.07 Å². The second-order valence-electron chi connectivity index (χ2n) is 6.43. The Morgan fingerprint density at radius 2 is 2.24 bits per heavy atom. The van der Waals surface area contributed by atoms with Gasteiger partial charge in [0.2, 0.25) is 0 Å². The first kappa shape index (κ1) is 17.5. The van der Waals surface area contributed by atoms with E-state index in [0.717, 1.165) is 6.42 Å². The Balaban J connectivity index is 1.49. The maximum atomic E-state index is 14.2. The molecule has 3 rings (SSSR count). The third-order valence-electron chi connectivity index (χ3n) is 4.63. The normalized spacial score (nSPS) is 20.4. The molecule has 134 valence electrons. The summed E-state index contributed by atoms with van der Waals surface area (Å²) in [6, 6.07) is 4.29. The van der Waals surface area contributed by atoms with Crippen molar-refractivity contribution in [3.05, 3.63) is 42.2 Å². The van der Waals surface area contributed by atoms with Gasteiger partial charge in [-0.15, -0.1) is 0 Å². The van der Waals surface area contributed by atoms with Gasteiger partial charge in [0, 0.05) is 12.1 Å². The van der Waals surface area contributed by atoms with Crippen LogP contribution in [-0.2, 0) is 4.74 Å². The third-order valence-corrected chi connectivity index (χ3v) is 4.63. The number of carbonyl (C=O) groups excluding carboxylic acids is 1. The lowest BCUT2D eigenvalue weighted by atomic mass is 9.88. The molecule has 0 radical (unpaired) electrons. The van der Waals surface area contributed by atoms with Crippen LogP contribution in [0, 0.1) is 11.7 Å². The molecular weight excluding hydrogens is 323 g/mol. The molecule has 1 heterocycles. The Morgan fingerprint density at radius 3 is 2.96 bits per heavy atom. The van der Waals surface area contributed by atoms with E-state index >= 15 is 0 Å². The van der Waals surface area contributed by atoms with E-state index in [1.807, 2.05) is 0 Å². The van der Waals surface area contributed by atoms with Crippen molar-refractivity contribution in [1.82, 2.24) is 20.1 Å². The molecule has 1 fully saturated rings. The summed E-state index contributed by atoms with van der Waals surface area (Å²) in [6.45, 7) is 3.09. The predicted octanol–water partition coefficient (Wildman–Crippen LogP) is 2.73. The Kier molecular flexibility index (Phi) is 5.75. The first-order chi connectivity index (χ1) is 12.1. The topological polar surface area (TPSA) is 69.0 Å². The number of benzene rings is 1. The monoisotopic (exact) mass is 346 g/mol. The van der Waals surface area contributed by atoms with Crippen LogP contribution < -0.4 is 5.32 Å². The summed E-state index contributed by atoms with van der Waals surface area (Å²) < 4.78 is 21.3. The zero-order valence-corrected chi connectivity index (χ0v) is 14.3. The number of rotatable bonds is 6. The van der Waals surface area contributed by atoms with E-state index in [-0.39, 0.29) is 23.3 Å². The Labute approximate surface area is 146 Å². The van der Waals surface area contributed by atoms with Gasteiger partial charge in [-0.05, 0) is 37.0 Å². The van der Waals surface area contributed by atoms with Crippen LogP contribution in [0.1, 0.15) is 43.0 Å². The quantitative estimate of drug-likeness (QED) is 0.817. The summed E-state index contributed by atoms with van der Waals surface area (Å²) in [5, 5.41) is 6.65. The summed E-state index contributed by atoms with van der Waals surface area (Å²) >= 11 is 0. The molecule has 1 saturated carbocycles. The molecule has 0 saturated heterocycles. The number of halogens is 1. The van der Waals surface area contributed by atoms with Crippen molar-refractivity contribution in [2.24, 2.45) is 5.92 Å². The lowest BCUT2D eigenvalue weighted by molar-refractivity contribution is -0.00293. The highest BCUT2D eigenvalue weighted by Crippen LogP contribution is 2.26. The number of amides is 1. The highest BCUT2D eigenvalue weighted by molar-refractivity contribution is 5.94. The van der Waals surface area contributed by atoms with Crippen LogP contribution in [0.25, 0.3) is 5.69 Å². The molecule has 6 nitrogen and oxygen atoms in total. The van der Waals surface area contributed by atoms with Gasteiger partial charge in [0.25, 0.3) is 5.91 Å². The van der Waals surface area contributed by atoms with Gasteiger partial charge in [-0.2, -0.15) is 5.10 Å². The van der Waals surface area contributed by atoms with Gasteiger partial charge in [-0.1, -0.05) is 19.8 Å². The van der Waals surface area contributed by atoms with Crippen LogP contribution in [0.2, 0.25) is 0 Å². The minimum atomic E-state index is -0.523. The summed E-state index contributed by atoms with van der Waals surface area (Å²) in [7, 11) is 0. The van der Waals surface area contributed by atoms with Crippen molar-refractivity contribution in [2.45, 2.75) is 38.7 Å². The maximum absolute atomic E-state index is 14.2. The Morgan fingerprint density at radius 1 is 1.40 bits per heavy atom. The van der Waals surface area contributed by atoms with Gasteiger partial charge in [0.15, 0.2) is 0 Å². The Bertz CT molecular complexity index is 705. The second kappa shape index (κ2) is 8.20. The molecule has 0 bridgehead atoms. The molecule has 0 spiro atoms. The summed E-state index contributed by atoms with van der Waals surface area (Å²) in [5.74, 6) is -0.266. The van der Waals surface area contributed by atoms with Gasteiger partial charge >= 0.3 is 0 Å². The van der Waals surface area contributed by atoms with Crippen LogP contribution in [0.3, 0.4) is 0 Å². The number of hydrogen-bond acceptors (Lipinski definition) is 4. The van der Waals surface area contributed by atoms with Crippen molar-refractivity contribution in [3.63, 3.8) is 0 Å². The van der Waals surface area contributed by atoms with Crippen LogP contribution in [0.15, 0.2) is 30.9 Å². The molecule has 1 aliphatic carbocycles. The fraction of sp³-hybridized carbons (Fsp3) is 0.500. The van der Waals surface area contributed by atoms with Crippen molar-refractivity contribution in [1.29, 1.82) is 0 Å². The van der Waals surface area contributed by atoms with E-state index in [1.165, 1.54) is 48.7 Å². The third kappa shape index (κ3) is 4.42. The maximum Gasteiger partial charge on any atom is 0.251 e. The lowest BCUT2D eigenvalue weighted by Gasteiger charge is -2.28. The highest BCUT2D eigenvalue weighted by Gasteiger charge is 2.21. The number of nitrogens with zero attached hydrogens (tertiary/aromatic N) is 3. The predicted molar refractivity (Wildman–Crippen MR) is 91.0 cm³/mol. The van der Waals surface area contributed by atoms with Gasteiger partial charge in [-0.25, -0.2) is 14.1 Å². The van der Waals surface area contributed by atoms with E-state index < -0.39 is 5.82 Å². The number of aromatic nitrogens is 3. The fourth-order valence-corrected chi connectivity index (χ4v) is 3.17. The standard InChI is InChI=1S/C18H23FN4O2/c1-13-4-2-3-5-17(13)25-9-8-21-18(24)14-6-7-16(15(19)10-14)23-12-20-11-22-23/h6-7,10-13,17H,2-5,8-9H2,1H3,(H,21,24)/t13-,17+/m0/s1. The highest BCUT2D eigenvalue weighted by atomic mass is 19.1. The first-order valence-corrected chi connectivity index (χ1v) is 8.69. The van der Waals surface area contributed by atoms with E-state index in [2.05, 4.69) is 22.3 Å². The molecule has 1 N–H and O–H groups in total. The first-order valence-electron chi connectivity index (χ1n) is 8.69. The van der Waals surface area contributed by atoms with Crippen molar-refractivity contribution in [3.8, 4) is 5.69 Å². The molecule has 0 aliphatic heterocycles. The molecule has 1 aromatic carbocycles. The molecule has 0 unspecified atom stereocenters. The molecule has 7 heteroatoms. The van der Waals surface area contributed by atoms with Gasteiger partial charge in [0.1, 0.15) is 24.2 Å². The number of ether oxygens (including phenoxy) is 1. The number of carbonyl (C=O) groups is 1. The molecule has 2 aromatic rings. The lowest BCUT2D eigenvalue weighted by Crippen LogP contribution is -2.31. The largest absolute Gasteiger partial charge is 0.376 e. The van der Waals surface area contributed by atoms with Crippen LogP contribution in [0.5, 0.6) is 0 Å². The van der Waals surface area contributed by atoms with Gasteiger partial charge < -0.3 is 10.1 Å². The van der Waals surface area contributed by atoms with Crippen molar-refractivity contribution in [2.75, 3.05) is 13.2 Å². The summed E-state index contributed by atoms with van der Waals surface area (Å²) in [4.78, 5) is 15.9. The minimum absolute atomic E-state index is 0.253. The van der Waals surface area contributed by atoms with Crippen LogP contribution in [-0.4, -0.2) is 39.9 Å². The summed E-state index contributed by atoms with van der Waals surface area (Å²) in [6.07, 6.45) is 7.78. The average Bonchev–Trinajstić information content (AvgIpc) is 3.14. The minimum Gasteiger partial charge on any atom is -0.376 e. The summed E-state index contributed by atoms with van der Waals surface area (Å²) in [5.41, 5.74) is 0.524. The van der Waals surface area contributed by atoms with E-state index in [9.17, 15) is 9.18 Å². The Hall–Kier alpha value is -2.28. The molecule has 1 amide bonds. The zero-order chi connectivity index (χ0) is 17.6. The van der Waals surface area contributed by atoms with E-state index in [4.69, 9.17) is 4.74 Å². The van der Waals surface area contributed by atoms with E-state index in [0.29, 0.717) is 19.1 Å². The molecular formula is C18H23FN4O2. The molecule has 1 aliphatic rings. The molecule has 25 heavy (non-hydrogen) atoms. The second-order valence-corrected chi connectivity index (χ2v) is 6.43. The molecule has 2 atom stereocenters. The number of nitrogens with one attached hydrogen (secondary N) is 1. The van der Waals surface area contributed by atoms with Gasteiger partial charge in [0.05, 0.1) is 12.7 Å². The fourth-order valence-electron chi connectivity index (χ4n) is 3.17. The smallest absolute Gasteiger partial charge is 0.251 e. The van der Waals surface area contributed by atoms with Gasteiger partial charge in [-0.3, -0.25) is 4.79 Å². The SMILES string of the molecule is C[C@H]1CCCC[C@H]1OCCNC(=O)c1ccc(-n2cncn2)c(F)c1. The average molecular weight is 346 g/mol. The van der Waals surface area contributed by atoms with Crippen LogP contribution in [0.4, 0.5) is 4.39 Å². The van der Waals surface area contributed by atoms with Crippen molar-refractivity contribution >= 4 is 5.91 Å². The zero-order valence-electron chi connectivity index (χ0n) is 14.3. The van der Waals surface area contributed by atoms with Crippen molar-refractivity contribution < 1.29 is 13.9 Å².